The summed E-state index contributed by atoms with van der Waals surface area (Å²) >= 11 is 0. The zero-order valence-electron chi connectivity index (χ0n) is 14.2. The average Bonchev–Trinajstić information content (AvgIpc) is 2.61. The van der Waals surface area contributed by atoms with Crippen molar-refractivity contribution in [1.82, 2.24) is 0 Å². The van der Waals surface area contributed by atoms with Gasteiger partial charge in [0.2, 0.25) is 0 Å². The molecule has 0 bridgehead atoms. The summed E-state index contributed by atoms with van der Waals surface area (Å²) < 4.78 is 14.5. The van der Waals surface area contributed by atoms with E-state index in [1.807, 2.05) is 30.3 Å². The minimum Gasteiger partial charge on any atom is -0.459 e. The molecular formula is C19H20O6. The maximum Gasteiger partial charge on any atom is 0.337 e. The molecule has 1 aromatic carbocycles. The summed E-state index contributed by atoms with van der Waals surface area (Å²) in [6, 6.07) is 9.28. The Balaban J connectivity index is 2.28. The SMILES string of the molecule is C=C(C)C(=O)O/C=C(\C)C(=O)OCCOC(=O)/C=C/c1ccccc1. The van der Waals surface area contributed by atoms with Gasteiger partial charge >= 0.3 is 17.9 Å². The second-order valence-electron chi connectivity index (χ2n) is 5.03. The van der Waals surface area contributed by atoms with Crippen molar-refractivity contribution < 1.29 is 28.6 Å². The molecule has 0 atom stereocenters. The molecule has 1 rings (SSSR count). The highest BCUT2D eigenvalue weighted by Crippen LogP contribution is 2.02. The van der Waals surface area contributed by atoms with Gasteiger partial charge in [0.15, 0.2) is 0 Å². The van der Waals surface area contributed by atoms with Gasteiger partial charge in [-0.2, -0.15) is 0 Å². The minimum atomic E-state index is -0.676. The van der Waals surface area contributed by atoms with Crippen molar-refractivity contribution in [3.63, 3.8) is 0 Å². The van der Waals surface area contributed by atoms with E-state index in [1.54, 1.807) is 6.08 Å². The predicted octanol–water partition coefficient (Wildman–Crippen LogP) is 2.81. The standard InChI is InChI=1S/C19H20O6/c1-14(2)18(21)25-13-15(3)19(22)24-12-11-23-17(20)10-9-16-7-5-4-6-8-16/h4-10,13H,1,11-12H2,2-3H3/b10-9+,15-13+. The number of carbonyl (C=O) groups excluding carboxylic acids is 3. The average molecular weight is 344 g/mol. The smallest absolute Gasteiger partial charge is 0.337 e. The molecule has 0 unspecified atom stereocenters. The molecule has 0 saturated carbocycles. The Morgan fingerprint density at radius 1 is 1.00 bits per heavy atom. The maximum atomic E-state index is 11.6. The molecule has 0 aromatic heterocycles. The predicted molar refractivity (Wildman–Crippen MR) is 92.1 cm³/mol. The van der Waals surface area contributed by atoms with Crippen LogP contribution in [0.3, 0.4) is 0 Å². The van der Waals surface area contributed by atoms with E-state index in [4.69, 9.17) is 14.2 Å². The van der Waals surface area contributed by atoms with Crippen LogP contribution in [-0.2, 0) is 28.6 Å². The summed E-state index contributed by atoms with van der Waals surface area (Å²) in [6.45, 7) is 6.15. The molecule has 0 aliphatic heterocycles. The fourth-order valence-corrected chi connectivity index (χ4v) is 1.46. The number of carbonyl (C=O) groups is 3. The third-order valence-corrected chi connectivity index (χ3v) is 2.79. The second kappa shape index (κ2) is 10.6. The van der Waals surface area contributed by atoms with E-state index in [1.165, 1.54) is 19.9 Å². The Hall–Kier alpha value is -3.15. The van der Waals surface area contributed by atoms with Crippen LogP contribution in [0.2, 0.25) is 0 Å². The fraction of sp³-hybridized carbons (Fsp3) is 0.211. The summed E-state index contributed by atoms with van der Waals surface area (Å²) in [7, 11) is 0. The third-order valence-electron chi connectivity index (χ3n) is 2.79. The molecule has 0 aliphatic rings. The number of rotatable bonds is 8. The third kappa shape index (κ3) is 8.31. The second-order valence-corrected chi connectivity index (χ2v) is 5.03. The summed E-state index contributed by atoms with van der Waals surface area (Å²) in [6.07, 6.45) is 3.91. The van der Waals surface area contributed by atoms with Crippen LogP contribution in [0.4, 0.5) is 0 Å². The first-order valence-electron chi connectivity index (χ1n) is 7.50. The van der Waals surface area contributed by atoms with E-state index in [2.05, 4.69) is 6.58 Å². The van der Waals surface area contributed by atoms with Crippen LogP contribution in [0.25, 0.3) is 6.08 Å². The minimum absolute atomic E-state index is 0.0808. The van der Waals surface area contributed by atoms with E-state index < -0.39 is 17.9 Å². The molecule has 0 heterocycles. The Bertz CT molecular complexity index is 685. The van der Waals surface area contributed by atoms with Crippen LogP contribution in [0.5, 0.6) is 0 Å². The lowest BCUT2D eigenvalue weighted by Gasteiger charge is -2.05. The van der Waals surface area contributed by atoms with Crippen molar-refractivity contribution in [2.24, 2.45) is 0 Å². The lowest BCUT2D eigenvalue weighted by Crippen LogP contribution is -2.14. The molecular weight excluding hydrogens is 324 g/mol. The van der Waals surface area contributed by atoms with Gasteiger partial charge in [-0.15, -0.1) is 0 Å². The van der Waals surface area contributed by atoms with Crippen molar-refractivity contribution in [2.45, 2.75) is 13.8 Å². The number of esters is 3. The van der Waals surface area contributed by atoms with Gasteiger partial charge in [-0.25, -0.2) is 14.4 Å². The van der Waals surface area contributed by atoms with Crippen LogP contribution < -0.4 is 0 Å². The van der Waals surface area contributed by atoms with Crippen molar-refractivity contribution >= 4 is 24.0 Å². The van der Waals surface area contributed by atoms with Gasteiger partial charge in [-0.1, -0.05) is 36.9 Å². The van der Waals surface area contributed by atoms with E-state index in [0.29, 0.717) is 0 Å². The molecule has 0 spiro atoms. The Morgan fingerprint density at radius 2 is 1.64 bits per heavy atom. The lowest BCUT2D eigenvalue weighted by molar-refractivity contribution is -0.146. The molecule has 25 heavy (non-hydrogen) atoms. The summed E-state index contributed by atoms with van der Waals surface area (Å²) in [5.74, 6) is -1.85. The van der Waals surface area contributed by atoms with Gasteiger partial charge < -0.3 is 14.2 Å². The molecule has 0 N–H and O–H groups in total. The first kappa shape index (κ1) is 19.9. The van der Waals surface area contributed by atoms with Crippen molar-refractivity contribution in [3.8, 4) is 0 Å². The number of hydrogen-bond acceptors (Lipinski definition) is 6. The van der Waals surface area contributed by atoms with Gasteiger partial charge in [0.25, 0.3) is 0 Å². The van der Waals surface area contributed by atoms with E-state index in [9.17, 15) is 14.4 Å². The number of benzene rings is 1. The van der Waals surface area contributed by atoms with E-state index >= 15 is 0 Å². The summed E-state index contributed by atoms with van der Waals surface area (Å²) in [5, 5.41) is 0. The summed E-state index contributed by atoms with van der Waals surface area (Å²) in [5.41, 5.74) is 1.19. The molecule has 0 fully saturated rings. The zero-order valence-corrected chi connectivity index (χ0v) is 14.2. The largest absolute Gasteiger partial charge is 0.459 e. The number of hydrogen-bond donors (Lipinski definition) is 0. The molecule has 0 radical (unpaired) electrons. The fourth-order valence-electron chi connectivity index (χ4n) is 1.46. The van der Waals surface area contributed by atoms with Crippen molar-refractivity contribution in [3.05, 3.63) is 66.0 Å². The highest BCUT2D eigenvalue weighted by Gasteiger charge is 2.08. The van der Waals surface area contributed by atoms with Crippen molar-refractivity contribution in [1.29, 1.82) is 0 Å². The molecule has 132 valence electrons. The topological polar surface area (TPSA) is 78.9 Å². The highest BCUT2D eigenvalue weighted by atomic mass is 16.6. The maximum absolute atomic E-state index is 11.6. The zero-order chi connectivity index (χ0) is 18.7. The van der Waals surface area contributed by atoms with Gasteiger partial charge in [-0.3, -0.25) is 0 Å². The monoisotopic (exact) mass is 344 g/mol. The Morgan fingerprint density at radius 3 is 2.28 bits per heavy atom. The van der Waals surface area contributed by atoms with E-state index in [-0.39, 0.29) is 24.4 Å². The number of ether oxygens (including phenoxy) is 3. The molecule has 6 nitrogen and oxygen atoms in total. The first-order valence-corrected chi connectivity index (χ1v) is 7.50. The Labute approximate surface area is 146 Å². The summed E-state index contributed by atoms with van der Waals surface area (Å²) in [4.78, 5) is 34.3. The molecule has 0 amide bonds. The Kier molecular flexibility index (Phi) is 8.43. The van der Waals surface area contributed by atoms with E-state index in [0.717, 1.165) is 11.8 Å². The van der Waals surface area contributed by atoms with Crippen LogP contribution in [0.1, 0.15) is 19.4 Å². The molecule has 6 heteroatoms. The van der Waals surface area contributed by atoms with Crippen LogP contribution in [0.15, 0.2) is 60.4 Å². The normalized spacial score (nSPS) is 11.0. The highest BCUT2D eigenvalue weighted by molar-refractivity contribution is 5.90. The molecule has 0 aliphatic carbocycles. The molecule has 0 saturated heterocycles. The quantitative estimate of drug-likeness (QED) is 0.237. The molecule has 1 aromatic rings. The van der Waals surface area contributed by atoms with Gasteiger partial charge in [0, 0.05) is 11.6 Å². The first-order chi connectivity index (χ1) is 11.9. The van der Waals surface area contributed by atoms with Crippen molar-refractivity contribution in [2.75, 3.05) is 13.2 Å². The van der Waals surface area contributed by atoms with Gasteiger partial charge in [-0.05, 0) is 25.5 Å². The van der Waals surface area contributed by atoms with Crippen LogP contribution in [-0.4, -0.2) is 31.1 Å². The van der Waals surface area contributed by atoms with Crippen LogP contribution in [0, 0.1) is 0 Å². The van der Waals surface area contributed by atoms with Crippen LogP contribution >= 0.6 is 0 Å². The van der Waals surface area contributed by atoms with Gasteiger partial charge in [0.05, 0.1) is 5.57 Å². The van der Waals surface area contributed by atoms with Gasteiger partial charge in [0.1, 0.15) is 19.5 Å². The lowest BCUT2D eigenvalue weighted by atomic mass is 10.2.